The van der Waals surface area contributed by atoms with Gasteiger partial charge in [0, 0.05) is 44.8 Å². The summed E-state index contributed by atoms with van der Waals surface area (Å²) in [4.78, 5) is 9.37. The molecule has 1 radical (unpaired) electrons. The molecule has 0 saturated carbocycles. The first-order valence-electron chi connectivity index (χ1n) is 19.4. The molecule has 0 amide bonds. The zero-order valence-electron chi connectivity index (χ0n) is 34.4. The van der Waals surface area contributed by atoms with Crippen LogP contribution in [0.25, 0.3) is 66.4 Å². The van der Waals surface area contributed by atoms with Crippen molar-refractivity contribution < 1.29 is 27.3 Å². The number of fused-ring (bicyclic) bond motifs is 4. The SMILES string of the molecule is [2H]C(C)(C)c1cc(-c2[c-]cccc2)ncc1[Si](C)(C)C.[2H]c1nc(-c2[c-]ccc3c2oc2cc4ccccc4cc23)cc(CC(C)(C)C)c1-c1ccccc1.[Ir]. The first-order chi connectivity index (χ1) is 26.1. The summed E-state index contributed by atoms with van der Waals surface area (Å²) in [5.41, 5.74) is 9.22. The second-order valence-electron chi connectivity index (χ2n) is 16.3. The van der Waals surface area contributed by atoms with Crippen molar-refractivity contribution in [3.63, 3.8) is 0 Å². The standard InChI is InChI=1S/C32H26NO.C17H22NSi.Ir/c1-32(2,3)19-24-17-29(33-20-28(24)21-10-5-4-6-11-21)26-15-9-14-25-27-16-22-12-7-8-13-23(22)18-30(27)34-31(25)26;1-13(2)15-11-16(14-9-7-6-8-10-14)18-12-17(15)19(3,4)5;/h4-14,16-18,20H,19H2,1-3H3;6-9,11-13H,1-5H3;/q2*-1;/i20D;13D;. The molecule has 275 valence electrons. The molecular weight excluding hydrogens is 853 g/mol. The van der Waals surface area contributed by atoms with Gasteiger partial charge in [0.2, 0.25) is 0 Å². The van der Waals surface area contributed by atoms with E-state index in [0.717, 1.165) is 78.5 Å². The Balaban J connectivity index is 0.000000217. The summed E-state index contributed by atoms with van der Waals surface area (Å²) < 4.78 is 23.8. The molecule has 0 N–H and O–H groups in total. The molecule has 54 heavy (non-hydrogen) atoms. The van der Waals surface area contributed by atoms with E-state index in [0.29, 0.717) is 0 Å². The maximum absolute atomic E-state index is 8.90. The third-order valence-corrected chi connectivity index (χ3v) is 11.5. The second kappa shape index (κ2) is 16.0. The minimum atomic E-state index is -1.50. The van der Waals surface area contributed by atoms with Gasteiger partial charge in [0.1, 0.15) is 5.58 Å². The molecule has 3 nitrogen and oxygen atoms in total. The van der Waals surface area contributed by atoms with Crippen LogP contribution in [0.3, 0.4) is 0 Å². The number of hydrogen-bond acceptors (Lipinski definition) is 3. The summed E-state index contributed by atoms with van der Waals surface area (Å²) in [7, 11) is -1.50. The Bertz CT molecular complexity index is 2640. The maximum Gasteiger partial charge on any atom is 0.121 e. The average Bonchev–Trinajstić information content (AvgIpc) is 3.50. The van der Waals surface area contributed by atoms with Crippen molar-refractivity contribution >= 4 is 46.0 Å². The quantitative estimate of drug-likeness (QED) is 0.123. The van der Waals surface area contributed by atoms with Crippen molar-refractivity contribution in [2.45, 2.75) is 66.6 Å². The third-order valence-electron chi connectivity index (χ3n) is 9.49. The van der Waals surface area contributed by atoms with Gasteiger partial charge in [-0.1, -0.05) is 138 Å². The van der Waals surface area contributed by atoms with Crippen LogP contribution in [0.2, 0.25) is 19.6 Å². The normalized spacial score (nSPS) is 12.5. The molecule has 0 aliphatic carbocycles. The molecule has 0 spiro atoms. The molecule has 3 heterocycles. The summed E-state index contributed by atoms with van der Waals surface area (Å²) in [5.74, 6) is -0.609. The molecule has 0 bridgehead atoms. The Hall–Kier alpha value is -4.67. The van der Waals surface area contributed by atoms with E-state index in [1.54, 1.807) is 0 Å². The molecule has 5 aromatic carbocycles. The molecule has 0 fully saturated rings. The number of hydrogen-bond donors (Lipinski definition) is 0. The topological polar surface area (TPSA) is 38.9 Å². The number of rotatable bonds is 6. The largest absolute Gasteiger partial charge is 0.501 e. The number of furan rings is 1. The van der Waals surface area contributed by atoms with E-state index in [1.807, 2.05) is 74.6 Å². The minimum absolute atomic E-state index is 0. The minimum Gasteiger partial charge on any atom is -0.501 e. The molecule has 0 aliphatic rings. The fourth-order valence-corrected chi connectivity index (χ4v) is 8.52. The predicted molar refractivity (Wildman–Crippen MR) is 227 cm³/mol. The Morgan fingerprint density at radius 2 is 1.48 bits per heavy atom. The van der Waals surface area contributed by atoms with Gasteiger partial charge in [-0.3, -0.25) is 0 Å². The third kappa shape index (κ3) is 8.50. The zero-order valence-corrected chi connectivity index (χ0v) is 35.8. The van der Waals surface area contributed by atoms with Crippen LogP contribution in [0.5, 0.6) is 0 Å². The van der Waals surface area contributed by atoms with Gasteiger partial charge in [0.15, 0.2) is 0 Å². The monoisotopic (exact) mass is 903 g/mol. The van der Waals surface area contributed by atoms with E-state index in [2.05, 4.69) is 118 Å². The Kier molecular flexibility index (Phi) is 10.7. The molecule has 8 aromatic rings. The van der Waals surface area contributed by atoms with E-state index < -0.39 is 14.0 Å². The van der Waals surface area contributed by atoms with Crippen LogP contribution in [-0.4, -0.2) is 18.0 Å². The molecule has 0 aliphatic heterocycles. The van der Waals surface area contributed by atoms with Gasteiger partial charge in [-0.25, -0.2) is 0 Å². The van der Waals surface area contributed by atoms with Crippen LogP contribution in [0.15, 0.2) is 132 Å². The maximum atomic E-state index is 8.90. The molecule has 5 heteroatoms. The van der Waals surface area contributed by atoms with Crippen molar-refractivity contribution in [3.05, 3.63) is 151 Å². The Morgan fingerprint density at radius 1 is 0.778 bits per heavy atom. The van der Waals surface area contributed by atoms with E-state index in [-0.39, 0.29) is 31.7 Å². The molecule has 3 aromatic heterocycles. The smallest absolute Gasteiger partial charge is 0.121 e. The van der Waals surface area contributed by atoms with Crippen LogP contribution in [-0.2, 0) is 26.5 Å². The van der Waals surface area contributed by atoms with E-state index >= 15 is 0 Å². The van der Waals surface area contributed by atoms with Crippen molar-refractivity contribution in [2.24, 2.45) is 5.41 Å². The van der Waals surface area contributed by atoms with Gasteiger partial charge in [0.05, 0.1) is 15.0 Å². The number of benzene rings is 5. The molecular formula is C49H48IrN2OSi-2. The van der Waals surface area contributed by atoms with E-state index in [4.69, 9.17) is 12.1 Å². The fraction of sp³-hybridized carbons (Fsp3) is 0.224. The van der Waals surface area contributed by atoms with Crippen LogP contribution >= 0.6 is 0 Å². The zero-order chi connectivity index (χ0) is 39.1. The van der Waals surface area contributed by atoms with Crippen molar-refractivity contribution in [3.8, 4) is 33.6 Å². The fourth-order valence-electron chi connectivity index (χ4n) is 6.93. The Labute approximate surface area is 338 Å². The number of pyridine rings is 2. The summed E-state index contributed by atoms with van der Waals surface area (Å²) in [6, 6.07) is 45.4. The number of aromatic nitrogens is 2. The van der Waals surface area contributed by atoms with Crippen LogP contribution in [0.4, 0.5) is 0 Å². The first-order valence-corrected chi connectivity index (χ1v) is 21.9. The van der Waals surface area contributed by atoms with Crippen LogP contribution < -0.4 is 5.19 Å². The van der Waals surface area contributed by atoms with Crippen LogP contribution in [0.1, 0.15) is 54.4 Å². The van der Waals surface area contributed by atoms with Gasteiger partial charge in [-0.05, 0) is 68.3 Å². The summed E-state index contributed by atoms with van der Waals surface area (Å²) in [6.07, 6.45) is 3.09. The Morgan fingerprint density at radius 3 is 2.15 bits per heavy atom. The summed E-state index contributed by atoms with van der Waals surface area (Å²) >= 11 is 0. The van der Waals surface area contributed by atoms with E-state index in [1.165, 1.54) is 10.6 Å². The molecule has 8 rings (SSSR count). The van der Waals surface area contributed by atoms with Gasteiger partial charge in [-0.2, -0.15) is 0 Å². The van der Waals surface area contributed by atoms with Crippen molar-refractivity contribution in [1.82, 2.24) is 9.97 Å². The average molecular weight is 903 g/mol. The first kappa shape index (κ1) is 36.3. The summed E-state index contributed by atoms with van der Waals surface area (Å²) in [5, 5.41) is 5.73. The molecule has 0 saturated heterocycles. The van der Waals surface area contributed by atoms with Crippen molar-refractivity contribution in [1.29, 1.82) is 0 Å². The van der Waals surface area contributed by atoms with Gasteiger partial charge >= 0.3 is 0 Å². The second-order valence-corrected chi connectivity index (χ2v) is 21.3. The summed E-state index contributed by atoms with van der Waals surface area (Å²) in [6.45, 7) is 17.5. The predicted octanol–water partition coefficient (Wildman–Crippen LogP) is 13.1. The van der Waals surface area contributed by atoms with Gasteiger partial charge in [0.25, 0.3) is 0 Å². The van der Waals surface area contributed by atoms with Gasteiger partial charge < -0.3 is 14.4 Å². The molecule has 0 unspecified atom stereocenters. The number of nitrogens with zero attached hydrogens (tertiary/aromatic N) is 2. The van der Waals surface area contributed by atoms with E-state index in [9.17, 15) is 0 Å². The molecule has 0 atom stereocenters. The van der Waals surface area contributed by atoms with Gasteiger partial charge in [-0.15, -0.1) is 54.1 Å². The van der Waals surface area contributed by atoms with Crippen LogP contribution in [0, 0.1) is 17.5 Å². The van der Waals surface area contributed by atoms with Crippen molar-refractivity contribution in [2.75, 3.05) is 0 Å².